The number of allylic oxidation sites excluding steroid dienone is 2. The van der Waals surface area contributed by atoms with Crippen molar-refractivity contribution in [3.63, 3.8) is 0 Å². The van der Waals surface area contributed by atoms with E-state index < -0.39 is 0 Å². The molecule has 1 aliphatic rings. The molecule has 0 saturated carbocycles. The average Bonchev–Trinajstić information content (AvgIpc) is 3.14. The Hall–Kier alpha value is -2.14. The molecule has 0 amide bonds. The van der Waals surface area contributed by atoms with Crippen LogP contribution in [-0.4, -0.2) is 18.1 Å². The molecule has 3 nitrogen and oxygen atoms in total. The van der Waals surface area contributed by atoms with E-state index in [0.29, 0.717) is 6.54 Å². The highest BCUT2D eigenvalue weighted by Crippen LogP contribution is 2.28. The van der Waals surface area contributed by atoms with Crippen molar-refractivity contribution in [1.29, 1.82) is 0 Å². The van der Waals surface area contributed by atoms with E-state index in [9.17, 15) is 4.39 Å². The molecular weight excluding hydrogens is 345 g/mol. The van der Waals surface area contributed by atoms with Gasteiger partial charge in [-0.05, 0) is 56.4 Å². The van der Waals surface area contributed by atoms with Crippen molar-refractivity contribution in [2.24, 2.45) is 0 Å². The highest BCUT2D eigenvalue weighted by molar-refractivity contribution is 7.13. The molecule has 1 aliphatic heterocycles. The standard InChI is InChI=1S/C21H26FN3S/c1-3-4-8-17(2)25(20-11-9-18(22)10-12-20)15-19-16-26-21(23-19)24-13-6-5-7-14-24/h3,9-12,16H,1-2,4-8,13-15H2. The number of nitrogens with zero attached hydrogens (tertiary/aromatic N) is 3. The number of rotatable bonds is 8. The molecule has 2 heterocycles. The molecule has 0 aliphatic carbocycles. The fourth-order valence-electron chi connectivity index (χ4n) is 3.17. The first kappa shape index (κ1) is 18.6. The lowest BCUT2D eigenvalue weighted by molar-refractivity contribution is 0.576. The summed E-state index contributed by atoms with van der Waals surface area (Å²) in [5.74, 6) is -0.230. The molecule has 1 saturated heterocycles. The zero-order valence-electron chi connectivity index (χ0n) is 15.2. The Morgan fingerprint density at radius 3 is 2.65 bits per heavy atom. The van der Waals surface area contributed by atoms with Gasteiger partial charge in [0.25, 0.3) is 0 Å². The van der Waals surface area contributed by atoms with Crippen molar-refractivity contribution >= 4 is 22.2 Å². The van der Waals surface area contributed by atoms with Crippen molar-refractivity contribution in [3.8, 4) is 0 Å². The number of benzene rings is 1. The van der Waals surface area contributed by atoms with Gasteiger partial charge in [0.15, 0.2) is 5.13 Å². The zero-order chi connectivity index (χ0) is 18.4. The average molecular weight is 372 g/mol. The largest absolute Gasteiger partial charge is 0.348 e. The van der Waals surface area contributed by atoms with Gasteiger partial charge in [0.2, 0.25) is 0 Å². The van der Waals surface area contributed by atoms with Crippen LogP contribution in [-0.2, 0) is 6.54 Å². The van der Waals surface area contributed by atoms with Gasteiger partial charge >= 0.3 is 0 Å². The van der Waals surface area contributed by atoms with E-state index in [0.717, 1.165) is 48.1 Å². The van der Waals surface area contributed by atoms with Crippen LogP contribution in [0.3, 0.4) is 0 Å². The Bertz CT molecular complexity index is 732. The summed E-state index contributed by atoms with van der Waals surface area (Å²) in [5, 5.41) is 3.23. The molecule has 1 aromatic carbocycles. The monoisotopic (exact) mass is 371 g/mol. The Morgan fingerprint density at radius 2 is 1.96 bits per heavy atom. The van der Waals surface area contributed by atoms with Crippen molar-refractivity contribution in [2.75, 3.05) is 22.9 Å². The van der Waals surface area contributed by atoms with Crippen LogP contribution in [0.15, 0.2) is 54.6 Å². The SMILES string of the molecule is C=CCCC(=C)N(Cc1csc(N2CCCCC2)n1)c1ccc(F)cc1. The van der Waals surface area contributed by atoms with Gasteiger partial charge in [-0.3, -0.25) is 0 Å². The van der Waals surface area contributed by atoms with E-state index in [2.05, 4.69) is 28.3 Å². The molecule has 26 heavy (non-hydrogen) atoms. The maximum absolute atomic E-state index is 13.3. The van der Waals surface area contributed by atoms with Gasteiger partial charge in [-0.2, -0.15) is 0 Å². The van der Waals surface area contributed by atoms with Crippen molar-refractivity contribution < 1.29 is 4.39 Å². The predicted molar refractivity (Wildman–Crippen MR) is 109 cm³/mol. The highest BCUT2D eigenvalue weighted by Gasteiger charge is 2.17. The van der Waals surface area contributed by atoms with Gasteiger partial charge in [0, 0.05) is 29.9 Å². The number of hydrogen-bond acceptors (Lipinski definition) is 4. The molecule has 2 aromatic rings. The Kier molecular flexibility index (Phi) is 6.45. The van der Waals surface area contributed by atoms with Crippen LogP contribution in [0.2, 0.25) is 0 Å². The third-order valence-corrected chi connectivity index (χ3v) is 5.59. The molecule has 3 rings (SSSR count). The Balaban J connectivity index is 1.76. The lowest BCUT2D eigenvalue weighted by Crippen LogP contribution is -2.29. The summed E-state index contributed by atoms with van der Waals surface area (Å²) in [5.41, 5.74) is 2.96. The number of piperidine rings is 1. The molecule has 138 valence electrons. The van der Waals surface area contributed by atoms with Crippen LogP contribution in [0.25, 0.3) is 0 Å². The van der Waals surface area contributed by atoms with E-state index in [1.165, 1.54) is 31.4 Å². The van der Waals surface area contributed by atoms with Crippen LogP contribution in [0.1, 0.15) is 37.8 Å². The summed E-state index contributed by atoms with van der Waals surface area (Å²) in [6, 6.07) is 6.57. The first-order valence-electron chi connectivity index (χ1n) is 9.18. The summed E-state index contributed by atoms with van der Waals surface area (Å²) >= 11 is 1.71. The van der Waals surface area contributed by atoms with Gasteiger partial charge in [-0.1, -0.05) is 12.7 Å². The van der Waals surface area contributed by atoms with Crippen LogP contribution in [0, 0.1) is 5.82 Å². The minimum Gasteiger partial charge on any atom is -0.348 e. The summed E-state index contributed by atoms with van der Waals surface area (Å²) in [6.45, 7) is 10.9. The second-order valence-electron chi connectivity index (χ2n) is 6.63. The van der Waals surface area contributed by atoms with Gasteiger partial charge in [-0.15, -0.1) is 17.9 Å². The molecule has 0 N–H and O–H groups in total. The van der Waals surface area contributed by atoms with Crippen LogP contribution < -0.4 is 9.80 Å². The van der Waals surface area contributed by atoms with Crippen LogP contribution in [0.5, 0.6) is 0 Å². The first-order valence-corrected chi connectivity index (χ1v) is 10.1. The van der Waals surface area contributed by atoms with Gasteiger partial charge < -0.3 is 9.80 Å². The van der Waals surface area contributed by atoms with Gasteiger partial charge in [-0.25, -0.2) is 9.37 Å². The lowest BCUT2D eigenvalue weighted by Gasteiger charge is -2.27. The second kappa shape index (κ2) is 8.99. The summed E-state index contributed by atoms with van der Waals surface area (Å²) in [6.07, 6.45) is 7.39. The molecule has 0 bridgehead atoms. The topological polar surface area (TPSA) is 19.4 Å². The number of aromatic nitrogens is 1. The molecule has 0 spiro atoms. The molecule has 5 heteroatoms. The van der Waals surface area contributed by atoms with Crippen LogP contribution in [0.4, 0.5) is 15.2 Å². The maximum Gasteiger partial charge on any atom is 0.185 e. The summed E-state index contributed by atoms with van der Waals surface area (Å²) in [4.78, 5) is 9.35. The molecule has 1 fully saturated rings. The van der Waals surface area contributed by atoms with Crippen LogP contribution >= 0.6 is 11.3 Å². The highest BCUT2D eigenvalue weighted by atomic mass is 32.1. The molecule has 0 atom stereocenters. The molecular formula is C21H26FN3S. The van der Waals surface area contributed by atoms with E-state index in [1.54, 1.807) is 23.5 Å². The molecule has 0 unspecified atom stereocenters. The Labute approximate surface area is 159 Å². The smallest absolute Gasteiger partial charge is 0.185 e. The summed E-state index contributed by atoms with van der Waals surface area (Å²) < 4.78 is 13.3. The van der Waals surface area contributed by atoms with Gasteiger partial charge in [0.1, 0.15) is 5.82 Å². The second-order valence-corrected chi connectivity index (χ2v) is 7.46. The summed E-state index contributed by atoms with van der Waals surface area (Å²) in [7, 11) is 0. The van der Waals surface area contributed by atoms with E-state index in [1.807, 2.05) is 6.08 Å². The van der Waals surface area contributed by atoms with Gasteiger partial charge in [0.05, 0.1) is 12.2 Å². The minimum absolute atomic E-state index is 0.230. The third-order valence-electron chi connectivity index (χ3n) is 4.64. The quantitative estimate of drug-likeness (QED) is 0.550. The number of anilines is 2. The number of hydrogen-bond donors (Lipinski definition) is 0. The van der Waals surface area contributed by atoms with Crippen molar-refractivity contribution in [1.82, 2.24) is 4.98 Å². The minimum atomic E-state index is -0.230. The van der Waals surface area contributed by atoms with E-state index >= 15 is 0 Å². The fourth-order valence-corrected chi connectivity index (χ4v) is 4.04. The fraction of sp³-hybridized carbons (Fsp3) is 0.381. The van der Waals surface area contributed by atoms with Crippen molar-refractivity contribution in [3.05, 3.63) is 66.1 Å². The number of thiazole rings is 1. The molecule has 0 radical (unpaired) electrons. The lowest BCUT2D eigenvalue weighted by atomic mass is 10.1. The normalized spacial score (nSPS) is 14.3. The molecule has 1 aromatic heterocycles. The Morgan fingerprint density at radius 1 is 1.23 bits per heavy atom. The van der Waals surface area contributed by atoms with E-state index in [-0.39, 0.29) is 5.82 Å². The third kappa shape index (κ3) is 4.73. The zero-order valence-corrected chi connectivity index (χ0v) is 16.0. The number of halogens is 1. The van der Waals surface area contributed by atoms with E-state index in [4.69, 9.17) is 4.98 Å². The first-order chi connectivity index (χ1) is 12.7. The predicted octanol–water partition coefficient (Wildman–Crippen LogP) is 5.76. The maximum atomic E-state index is 13.3. The van der Waals surface area contributed by atoms with Crippen molar-refractivity contribution in [2.45, 2.75) is 38.6 Å².